The minimum atomic E-state index is -2.74. The molecule has 1 aromatic carbocycles. The molecular formula is C31H43N3O10. The third-order valence-electron chi connectivity index (χ3n) is 7.33. The van der Waals surface area contributed by atoms with E-state index in [1.54, 1.807) is 0 Å². The molecule has 0 spiro atoms. The second kappa shape index (κ2) is 14.2. The number of benzene rings is 1. The molecule has 0 radical (unpaired) electrons. The highest BCUT2D eigenvalue weighted by atomic mass is 16.7. The maximum absolute atomic E-state index is 10.3. The first kappa shape index (κ1) is 34.5. The largest absolute Gasteiger partial charge is 0.493 e. The van der Waals surface area contributed by atoms with Crippen LogP contribution in [-0.4, -0.2) is 84.3 Å². The number of nitrogens with one attached hydrogen (secondary N) is 1. The van der Waals surface area contributed by atoms with Crippen LogP contribution in [-0.2, 0) is 27.5 Å². The van der Waals surface area contributed by atoms with Crippen LogP contribution >= 0.6 is 0 Å². The highest BCUT2D eigenvalue weighted by molar-refractivity contribution is 5.88. The van der Waals surface area contributed by atoms with Crippen LogP contribution in [0.2, 0.25) is 0 Å². The standard InChI is InChI=1S/C25H35N3O3.C6H8O7/c1-6-29-21-12-23-22(30-17-31-23)11-19(21)16-28(15-18-7-9-26-10-8-18)20-13-24(2,3)27-25(4,5)14-20;7-3(8)1-6(13,5(11)12)2-4(9)10/h7-12,20,27H,6,13-17H2,1-5H3;13H,1-2H2,(H,7,8)(H,9,10)(H,11,12). The lowest BCUT2D eigenvalue weighted by Gasteiger charge is -2.50. The highest BCUT2D eigenvalue weighted by Crippen LogP contribution is 2.40. The lowest BCUT2D eigenvalue weighted by Crippen LogP contribution is -2.62. The molecule has 1 aromatic heterocycles. The predicted molar refractivity (Wildman–Crippen MR) is 159 cm³/mol. The van der Waals surface area contributed by atoms with Gasteiger partial charge in [-0.05, 0) is 71.2 Å². The molecule has 242 valence electrons. The number of carboxylic acid groups (broad SMARTS) is 3. The first-order chi connectivity index (χ1) is 20.5. The van der Waals surface area contributed by atoms with Crippen molar-refractivity contribution in [3.05, 3.63) is 47.8 Å². The van der Waals surface area contributed by atoms with Crippen LogP contribution in [0.3, 0.4) is 0 Å². The molecule has 0 unspecified atom stereocenters. The van der Waals surface area contributed by atoms with E-state index in [9.17, 15) is 14.4 Å². The van der Waals surface area contributed by atoms with E-state index in [1.165, 1.54) is 5.56 Å². The number of ether oxygens (including phenoxy) is 3. The van der Waals surface area contributed by atoms with Crippen LogP contribution < -0.4 is 19.5 Å². The van der Waals surface area contributed by atoms with E-state index in [-0.39, 0.29) is 17.9 Å². The van der Waals surface area contributed by atoms with Crippen molar-refractivity contribution in [2.75, 3.05) is 13.4 Å². The summed E-state index contributed by atoms with van der Waals surface area (Å²) < 4.78 is 17.2. The van der Waals surface area contributed by atoms with Crippen LogP contribution in [0.1, 0.15) is 71.4 Å². The summed E-state index contributed by atoms with van der Waals surface area (Å²) in [7, 11) is 0. The number of hydrogen-bond donors (Lipinski definition) is 5. The van der Waals surface area contributed by atoms with Gasteiger partial charge in [0.1, 0.15) is 5.75 Å². The number of rotatable bonds is 12. The normalized spacial score (nSPS) is 17.0. The molecule has 2 aliphatic rings. The van der Waals surface area contributed by atoms with Crippen molar-refractivity contribution in [2.45, 2.75) is 96.1 Å². The minimum Gasteiger partial charge on any atom is -0.493 e. The lowest BCUT2D eigenvalue weighted by molar-refractivity contribution is -0.170. The van der Waals surface area contributed by atoms with Crippen LogP contribution in [0, 0.1) is 0 Å². The van der Waals surface area contributed by atoms with Gasteiger partial charge in [-0.1, -0.05) is 0 Å². The van der Waals surface area contributed by atoms with Gasteiger partial charge in [0.05, 0.1) is 19.4 Å². The molecule has 4 rings (SSSR count). The second-order valence-corrected chi connectivity index (χ2v) is 12.4. The first-order valence-corrected chi connectivity index (χ1v) is 14.4. The Labute approximate surface area is 256 Å². The van der Waals surface area contributed by atoms with Gasteiger partial charge >= 0.3 is 17.9 Å². The van der Waals surface area contributed by atoms with Gasteiger partial charge in [0.15, 0.2) is 17.1 Å². The second-order valence-electron chi connectivity index (χ2n) is 12.4. The number of aliphatic hydroxyl groups is 1. The maximum Gasteiger partial charge on any atom is 0.336 e. The van der Waals surface area contributed by atoms with E-state index in [2.05, 4.69) is 61.1 Å². The Morgan fingerprint density at radius 3 is 2.02 bits per heavy atom. The molecular weight excluding hydrogens is 574 g/mol. The molecule has 0 bridgehead atoms. The molecule has 44 heavy (non-hydrogen) atoms. The summed E-state index contributed by atoms with van der Waals surface area (Å²) in [5.74, 6) is -2.58. The van der Waals surface area contributed by atoms with Gasteiger partial charge < -0.3 is 40.0 Å². The average molecular weight is 618 g/mol. The zero-order valence-electron chi connectivity index (χ0n) is 25.8. The van der Waals surface area contributed by atoms with Crippen LogP contribution in [0.4, 0.5) is 0 Å². The summed E-state index contributed by atoms with van der Waals surface area (Å²) in [5.41, 5.74) is -0.198. The van der Waals surface area contributed by atoms with Gasteiger partial charge in [0.25, 0.3) is 0 Å². The number of aliphatic carboxylic acids is 3. The van der Waals surface area contributed by atoms with Crippen LogP contribution in [0.15, 0.2) is 36.7 Å². The Bertz CT molecular complexity index is 1280. The minimum absolute atomic E-state index is 0.0700. The van der Waals surface area contributed by atoms with E-state index in [0.717, 1.165) is 48.7 Å². The van der Waals surface area contributed by atoms with Crippen molar-refractivity contribution in [1.82, 2.24) is 15.2 Å². The van der Waals surface area contributed by atoms with Gasteiger partial charge in [-0.2, -0.15) is 0 Å². The van der Waals surface area contributed by atoms with E-state index in [4.69, 9.17) is 34.6 Å². The molecule has 0 atom stereocenters. The van der Waals surface area contributed by atoms with E-state index < -0.39 is 36.4 Å². The summed E-state index contributed by atoms with van der Waals surface area (Å²) in [6.45, 7) is 13.8. The molecule has 0 saturated carbocycles. The fourth-order valence-electron chi connectivity index (χ4n) is 5.88. The Balaban J connectivity index is 0.000000345. The number of aromatic nitrogens is 1. The Kier molecular flexibility index (Phi) is 11.2. The van der Waals surface area contributed by atoms with Gasteiger partial charge in [-0.3, -0.25) is 19.5 Å². The van der Waals surface area contributed by atoms with Crippen LogP contribution in [0.5, 0.6) is 17.2 Å². The smallest absolute Gasteiger partial charge is 0.336 e. The van der Waals surface area contributed by atoms with E-state index >= 15 is 0 Å². The first-order valence-electron chi connectivity index (χ1n) is 14.4. The fourth-order valence-corrected chi connectivity index (χ4v) is 5.88. The van der Waals surface area contributed by atoms with Gasteiger partial charge in [-0.25, -0.2) is 4.79 Å². The molecule has 13 heteroatoms. The van der Waals surface area contributed by atoms with Gasteiger partial charge in [0.2, 0.25) is 6.79 Å². The van der Waals surface area contributed by atoms with Gasteiger partial charge in [-0.15, -0.1) is 0 Å². The number of carboxylic acids is 3. The molecule has 1 saturated heterocycles. The summed E-state index contributed by atoms with van der Waals surface area (Å²) in [6.07, 6.45) is 3.61. The van der Waals surface area contributed by atoms with E-state index in [0.29, 0.717) is 12.6 Å². The fraction of sp³-hybridized carbons (Fsp3) is 0.548. The molecule has 13 nitrogen and oxygen atoms in total. The highest BCUT2D eigenvalue weighted by Gasteiger charge is 2.41. The molecule has 2 aromatic rings. The number of piperidine rings is 1. The van der Waals surface area contributed by atoms with E-state index in [1.807, 2.05) is 25.4 Å². The summed E-state index contributed by atoms with van der Waals surface area (Å²) in [6, 6.07) is 8.70. The maximum atomic E-state index is 10.3. The van der Waals surface area contributed by atoms with Crippen molar-refractivity contribution in [2.24, 2.45) is 0 Å². The number of fused-ring (bicyclic) bond motifs is 1. The van der Waals surface area contributed by atoms with Crippen molar-refractivity contribution in [3.63, 3.8) is 0 Å². The summed E-state index contributed by atoms with van der Waals surface area (Å²) >= 11 is 0. The zero-order chi connectivity index (χ0) is 32.7. The molecule has 1 fully saturated rings. The van der Waals surface area contributed by atoms with Crippen molar-refractivity contribution >= 4 is 17.9 Å². The molecule has 0 aliphatic carbocycles. The molecule has 3 heterocycles. The van der Waals surface area contributed by atoms with Crippen molar-refractivity contribution < 1.29 is 49.0 Å². The molecule has 5 N–H and O–H groups in total. The number of hydrogen-bond acceptors (Lipinski definition) is 10. The van der Waals surface area contributed by atoms with Crippen LogP contribution in [0.25, 0.3) is 0 Å². The third kappa shape index (κ3) is 9.79. The van der Waals surface area contributed by atoms with Crippen molar-refractivity contribution in [1.29, 1.82) is 0 Å². The average Bonchev–Trinajstić information content (AvgIpc) is 3.34. The quantitative estimate of drug-likeness (QED) is 0.234. The third-order valence-corrected chi connectivity index (χ3v) is 7.33. The number of nitrogens with zero attached hydrogens (tertiary/aromatic N) is 2. The lowest BCUT2D eigenvalue weighted by atomic mass is 9.78. The Hall–Kier alpha value is -3.94. The van der Waals surface area contributed by atoms with Crippen molar-refractivity contribution in [3.8, 4) is 17.2 Å². The predicted octanol–water partition coefficient (Wildman–Crippen LogP) is 3.27. The molecule has 2 aliphatic heterocycles. The Morgan fingerprint density at radius 2 is 1.52 bits per heavy atom. The molecule has 0 amide bonds. The zero-order valence-corrected chi connectivity index (χ0v) is 25.8. The number of carbonyl (C=O) groups is 3. The summed E-state index contributed by atoms with van der Waals surface area (Å²) in [5, 5.41) is 37.6. The monoisotopic (exact) mass is 617 g/mol. The Morgan fingerprint density at radius 1 is 0.977 bits per heavy atom. The SMILES string of the molecule is CCOc1cc2c(cc1CN(Cc1ccncc1)C1CC(C)(C)NC(C)(C)C1)OCO2.O=C(O)CC(O)(CC(=O)O)C(=O)O. The summed E-state index contributed by atoms with van der Waals surface area (Å²) in [4.78, 5) is 37.3. The van der Waals surface area contributed by atoms with Gasteiger partial charge in [0, 0.05) is 54.2 Å². The number of pyridine rings is 1. The topological polar surface area (TPSA) is 188 Å².